The molecule has 1 aromatic heterocycles. The number of ether oxygens (including phenoxy) is 2. The second-order valence-electron chi connectivity index (χ2n) is 8.18. The van der Waals surface area contributed by atoms with Gasteiger partial charge in [0.1, 0.15) is 5.82 Å². The first-order valence-corrected chi connectivity index (χ1v) is 11.6. The number of aromatic nitrogens is 2. The van der Waals surface area contributed by atoms with Gasteiger partial charge in [0.25, 0.3) is 0 Å². The maximum absolute atomic E-state index is 14.5. The normalized spacial score (nSPS) is 12.3. The molecular formula is C26H33F2N3O3. The second-order valence-corrected chi connectivity index (χ2v) is 8.18. The average Bonchev–Trinajstić information content (AvgIpc) is 3.17. The predicted molar refractivity (Wildman–Crippen MR) is 127 cm³/mol. The Balaban J connectivity index is 2.05. The van der Waals surface area contributed by atoms with Crippen LogP contribution in [-0.2, 0) is 17.7 Å². The number of hydrogen-bond donors (Lipinski definition) is 1. The van der Waals surface area contributed by atoms with Gasteiger partial charge in [-0.2, -0.15) is 5.10 Å². The van der Waals surface area contributed by atoms with Gasteiger partial charge in [-0.25, -0.2) is 13.5 Å². The monoisotopic (exact) mass is 473 g/mol. The molecule has 8 heteroatoms. The summed E-state index contributed by atoms with van der Waals surface area (Å²) in [5.74, 6) is -1.19. The van der Waals surface area contributed by atoms with Crippen molar-refractivity contribution in [2.24, 2.45) is 0 Å². The summed E-state index contributed by atoms with van der Waals surface area (Å²) in [4.78, 5) is 2.09. The summed E-state index contributed by atoms with van der Waals surface area (Å²) in [6, 6.07) is 12.7. The standard InChI is InChI=1S/C26H33F2N3O3/c1-4-9-21(32)17-30(14-15-33-3)18-22-24(5-2)29-31(20-10-7-6-8-11-20)26(22)34-25-13-12-19(27)16-23(25)28/h6-8,10-13,16,21,32H,4-5,9,14-15,17-18H2,1-3H3. The van der Waals surface area contributed by atoms with Crippen molar-refractivity contribution in [2.75, 3.05) is 26.8 Å². The Morgan fingerprint density at radius 3 is 2.53 bits per heavy atom. The lowest BCUT2D eigenvalue weighted by atomic mass is 10.1. The fourth-order valence-corrected chi connectivity index (χ4v) is 3.83. The number of rotatable bonds is 13. The van der Waals surface area contributed by atoms with Crippen molar-refractivity contribution in [2.45, 2.75) is 45.8 Å². The van der Waals surface area contributed by atoms with Crippen LogP contribution in [0.3, 0.4) is 0 Å². The molecule has 0 aliphatic carbocycles. The number of aryl methyl sites for hydroxylation is 1. The van der Waals surface area contributed by atoms with Gasteiger partial charge >= 0.3 is 0 Å². The minimum absolute atomic E-state index is 0.0863. The van der Waals surface area contributed by atoms with E-state index in [0.717, 1.165) is 35.5 Å². The summed E-state index contributed by atoms with van der Waals surface area (Å²) in [5, 5.41) is 15.2. The van der Waals surface area contributed by atoms with Crippen LogP contribution >= 0.6 is 0 Å². The molecule has 0 radical (unpaired) electrons. The van der Waals surface area contributed by atoms with Crippen LogP contribution in [0, 0.1) is 11.6 Å². The third-order valence-corrected chi connectivity index (χ3v) is 5.54. The molecule has 3 aromatic rings. The van der Waals surface area contributed by atoms with Crippen LogP contribution in [0.25, 0.3) is 5.69 Å². The number of aliphatic hydroxyl groups excluding tert-OH is 1. The molecule has 0 aliphatic rings. The molecule has 0 fully saturated rings. The number of para-hydroxylation sites is 1. The number of aliphatic hydroxyl groups is 1. The van der Waals surface area contributed by atoms with E-state index in [1.807, 2.05) is 44.2 Å². The molecule has 0 saturated heterocycles. The van der Waals surface area contributed by atoms with E-state index in [9.17, 15) is 13.9 Å². The molecular weight excluding hydrogens is 440 g/mol. The summed E-state index contributed by atoms with van der Waals surface area (Å²) >= 11 is 0. The highest BCUT2D eigenvalue weighted by Crippen LogP contribution is 2.33. The Labute approximate surface area is 199 Å². The third kappa shape index (κ3) is 6.62. The fourth-order valence-electron chi connectivity index (χ4n) is 3.83. The molecule has 1 N–H and O–H groups in total. The lowest BCUT2D eigenvalue weighted by molar-refractivity contribution is 0.0795. The average molecular weight is 474 g/mol. The molecule has 0 spiro atoms. The molecule has 2 aromatic carbocycles. The van der Waals surface area contributed by atoms with Crippen molar-refractivity contribution in [3.05, 3.63) is 71.4 Å². The Kier molecular flexibility index (Phi) is 9.56. The molecule has 1 atom stereocenters. The zero-order chi connectivity index (χ0) is 24.5. The van der Waals surface area contributed by atoms with Gasteiger partial charge in [-0.3, -0.25) is 4.90 Å². The van der Waals surface area contributed by atoms with E-state index in [-0.39, 0.29) is 5.75 Å². The molecule has 0 saturated carbocycles. The third-order valence-electron chi connectivity index (χ3n) is 5.54. The van der Waals surface area contributed by atoms with Gasteiger partial charge in [0, 0.05) is 32.8 Å². The molecule has 3 rings (SSSR count). The van der Waals surface area contributed by atoms with Crippen molar-refractivity contribution < 1.29 is 23.4 Å². The highest BCUT2D eigenvalue weighted by atomic mass is 19.1. The maximum atomic E-state index is 14.5. The van der Waals surface area contributed by atoms with Crippen LogP contribution < -0.4 is 4.74 Å². The van der Waals surface area contributed by atoms with E-state index >= 15 is 0 Å². The van der Waals surface area contributed by atoms with E-state index in [2.05, 4.69) is 4.90 Å². The minimum atomic E-state index is -0.792. The van der Waals surface area contributed by atoms with Crippen molar-refractivity contribution >= 4 is 0 Å². The highest BCUT2D eigenvalue weighted by molar-refractivity contribution is 5.44. The number of nitrogens with zero attached hydrogens (tertiary/aromatic N) is 3. The van der Waals surface area contributed by atoms with Gasteiger partial charge < -0.3 is 14.6 Å². The van der Waals surface area contributed by atoms with Crippen LogP contribution in [0.1, 0.15) is 37.9 Å². The van der Waals surface area contributed by atoms with Gasteiger partial charge in [-0.1, -0.05) is 38.5 Å². The number of methoxy groups -OCH3 is 1. The van der Waals surface area contributed by atoms with Crippen LogP contribution in [0.2, 0.25) is 0 Å². The summed E-state index contributed by atoms with van der Waals surface area (Å²) in [5.41, 5.74) is 2.35. The zero-order valence-electron chi connectivity index (χ0n) is 20.0. The maximum Gasteiger partial charge on any atom is 0.227 e. The largest absolute Gasteiger partial charge is 0.435 e. The van der Waals surface area contributed by atoms with Crippen molar-refractivity contribution in [1.82, 2.24) is 14.7 Å². The van der Waals surface area contributed by atoms with Crippen LogP contribution in [0.5, 0.6) is 11.6 Å². The fraction of sp³-hybridized carbons (Fsp3) is 0.423. The molecule has 184 valence electrons. The zero-order valence-corrected chi connectivity index (χ0v) is 20.0. The molecule has 34 heavy (non-hydrogen) atoms. The van der Waals surface area contributed by atoms with E-state index in [0.29, 0.717) is 45.0 Å². The molecule has 0 aliphatic heterocycles. The van der Waals surface area contributed by atoms with E-state index < -0.39 is 17.7 Å². The Hall–Kier alpha value is -2.81. The van der Waals surface area contributed by atoms with Gasteiger partial charge in [0.15, 0.2) is 11.6 Å². The van der Waals surface area contributed by atoms with Crippen LogP contribution in [-0.4, -0.2) is 52.7 Å². The van der Waals surface area contributed by atoms with Gasteiger partial charge in [0.05, 0.1) is 29.7 Å². The number of benzene rings is 2. The van der Waals surface area contributed by atoms with E-state index in [4.69, 9.17) is 14.6 Å². The predicted octanol–water partition coefficient (Wildman–Crippen LogP) is 5.11. The van der Waals surface area contributed by atoms with Crippen LogP contribution in [0.4, 0.5) is 8.78 Å². The topological polar surface area (TPSA) is 59.8 Å². The highest BCUT2D eigenvalue weighted by Gasteiger charge is 2.24. The van der Waals surface area contributed by atoms with E-state index in [1.165, 1.54) is 6.07 Å². The molecule has 1 unspecified atom stereocenters. The smallest absolute Gasteiger partial charge is 0.227 e. The van der Waals surface area contributed by atoms with E-state index in [1.54, 1.807) is 11.8 Å². The van der Waals surface area contributed by atoms with Crippen LogP contribution in [0.15, 0.2) is 48.5 Å². The Morgan fingerprint density at radius 1 is 1.12 bits per heavy atom. The first kappa shape index (κ1) is 25.8. The van der Waals surface area contributed by atoms with Crippen molar-refractivity contribution in [3.8, 4) is 17.3 Å². The summed E-state index contributed by atoms with van der Waals surface area (Å²) < 4.78 is 41.0. The van der Waals surface area contributed by atoms with Crippen molar-refractivity contribution in [3.63, 3.8) is 0 Å². The molecule has 1 heterocycles. The quantitative estimate of drug-likeness (QED) is 0.374. The SMILES string of the molecule is CCCC(O)CN(CCOC)Cc1c(CC)nn(-c2ccccc2)c1Oc1ccc(F)cc1F. The van der Waals surface area contributed by atoms with Gasteiger partial charge in [-0.05, 0) is 37.1 Å². The van der Waals surface area contributed by atoms with Gasteiger partial charge in [-0.15, -0.1) is 0 Å². The lowest BCUT2D eigenvalue weighted by Crippen LogP contribution is -2.34. The molecule has 0 amide bonds. The summed E-state index contributed by atoms with van der Waals surface area (Å²) in [6.07, 6.45) is 1.73. The molecule has 0 bridgehead atoms. The summed E-state index contributed by atoms with van der Waals surface area (Å²) in [6.45, 7) is 6.01. The first-order chi connectivity index (χ1) is 16.5. The Bertz CT molecular complexity index is 1040. The first-order valence-electron chi connectivity index (χ1n) is 11.6. The minimum Gasteiger partial charge on any atom is -0.435 e. The lowest BCUT2D eigenvalue weighted by Gasteiger charge is -2.25. The Morgan fingerprint density at radius 2 is 1.88 bits per heavy atom. The van der Waals surface area contributed by atoms with Gasteiger partial charge in [0.2, 0.25) is 5.88 Å². The number of halogens is 2. The van der Waals surface area contributed by atoms with Crippen molar-refractivity contribution in [1.29, 1.82) is 0 Å². The summed E-state index contributed by atoms with van der Waals surface area (Å²) in [7, 11) is 1.64. The number of hydrogen-bond acceptors (Lipinski definition) is 5. The second kappa shape index (κ2) is 12.6. The molecule has 6 nitrogen and oxygen atoms in total.